The fourth-order valence-corrected chi connectivity index (χ4v) is 5.26. The van der Waals surface area contributed by atoms with Crippen molar-refractivity contribution >= 4 is 30.0 Å². The lowest BCUT2D eigenvalue weighted by Crippen LogP contribution is -2.59. The number of amides is 3. The number of aliphatic carboxylic acids is 1. The standard InChI is InChI=1S/C28H31N3O6/c32-17-20(16-26(34)35)29-27(36)24-15-19-9-4-5-10-21(19)23-12-6-11-22(28(37)31(23)24)30-25(33)14-13-18-7-2-1-3-8-18/h1-5,7-10,17,20,22-24H,6,11-16H2,(H,29,36)(H,30,33)(H,34,35)/t20-,22-,23+,24-/m0/s1. The summed E-state index contributed by atoms with van der Waals surface area (Å²) in [6, 6.07) is 14.0. The maximum absolute atomic E-state index is 13.8. The number of nitrogens with zero attached hydrogens (tertiary/aromatic N) is 1. The molecule has 0 unspecified atom stereocenters. The predicted molar refractivity (Wildman–Crippen MR) is 134 cm³/mol. The van der Waals surface area contributed by atoms with Gasteiger partial charge < -0.3 is 25.4 Å². The number of benzene rings is 2. The van der Waals surface area contributed by atoms with E-state index in [9.17, 15) is 24.0 Å². The first kappa shape index (κ1) is 26.1. The lowest BCUT2D eigenvalue weighted by Gasteiger charge is -2.42. The van der Waals surface area contributed by atoms with Crippen molar-refractivity contribution < 1.29 is 29.1 Å². The molecular weight excluding hydrogens is 474 g/mol. The molecule has 0 aromatic heterocycles. The van der Waals surface area contributed by atoms with Crippen LogP contribution in [0.4, 0.5) is 0 Å². The molecule has 1 saturated heterocycles. The number of hydrogen-bond donors (Lipinski definition) is 3. The average Bonchev–Trinajstić information content (AvgIpc) is 3.06. The predicted octanol–water partition coefficient (Wildman–Crippen LogP) is 1.94. The van der Waals surface area contributed by atoms with E-state index in [1.54, 1.807) is 0 Å². The monoisotopic (exact) mass is 505 g/mol. The van der Waals surface area contributed by atoms with E-state index in [1.807, 2.05) is 54.6 Å². The van der Waals surface area contributed by atoms with Crippen LogP contribution in [0.15, 0.2) is 54.6 Å². The van der Waals surface area contributed by atoms with Crippen molar-refractivity contribution in [3.05, 3.63) is 71.3 Å². The Bertz CT molecular complexity index is 1170. The van der Waals surface area contributed by atoms with Gasteiger partial charge in [0.1, 0.15) is 18.4 Å². The molecule has 4 rings (SSSR count). The van der Waals surface area contributed by atoms with Gasteiger partial charge in [-0.3, -0.25) is 19.2 Å². The smallest absolute Gasteiger partial charge is 0.305 e. The van der Waals surface area contributed by atoms with Crippen molar-refractivity contribution in [1.29, 1.82) is 0 Å². The molecule has 2 aromatic rings. The van der Waals surface area contributed by atoms with Crippen LogP contribution in [0, 0.1) is 0 Å². The molecule has 2 aliphatic rings. The SMILES string of the molecule is O=C[C@H](CC(=O)O)NC(=O)[C@@H]1Cc2ccccc2[C@H]2CCC[C@H](NC(=O)CCc3ccccc3)C(=O)N21. The molecule has 37 heavy (non-hydrogen) atoms. The highest BCUT2D eigenvalue weighted by Gasteiger charge is 2.45. The van der Waals surface area contributed by atoms with Crippen LogP contribution in [0.3, 0.4) is 0 Å². The number of carboxylic acid groups (broad SMARTS) is 1. The zero-order chi connectivity index (χ0) is 26.4. The van der Waals surface area contributed by atoms with Crippen LogP contribution in [0.25, 0.3) is 0 Å². The minimum Gasteiger partial charge on any atom is -0.481 e. The highest BCUT2D eigenvalue weighted by Crippen LogP contribution is 2.39. The number of hydrogen-bond acceptors (Lipinski definition) is 5. The molecule has 4 atom stereocenters. The van der Waals surface area contributed by atoms with Crippen LogP contribution in [0.1, 0.15) is 54.8 Å². The molecule has 0 aliphatic carbocycles. The third-order valence-corrected chi connectivity index (χ3v) is 7.03. The number of carboxylic acids is 1. The number of nitrogens with one attached hydrogen (secondary N) is 2. The number of aryl methyl sites for hydroxylation is 1. The molecule has 1 fully saturated rings. The van der Waals surface area contributed by atoms with Gasteiger partial charge in [-0.25, -0.2) is 0 Å². The molecule has 2 heterocycles. The van der Waals surface area contributed by atoms with Gasteiger partial charge in [0.2, 0.25) is 17.7 Å². The topological polar surface area (TPSA) is 133 Å². The van der Waals surface area contributed by atoms with E-state index in [-0.39, 0.29) is 30.7 Å². The molecule has 3 amide bonds. The van der Waals surface area contributed by atoms with Gasteiger partial charge in [-0.1, -0.05) is 54.6 Å². The van der Waals surface area contributed by atoms with Gasteiger partial charge in [0.15, 0.2) is 0 Å². The van der Waals surface area contributed by atoms with Crippen molar-refractivity contribution in [2.75, 3.05) is 0 Å². The summed E-state index contributed by atoms with van der Waals surface area (Å²) in [5.41, 5.74) is 2.93. The molecule has 3 N–H and O–H groups in total. The number of rotatable bonds is 9. The third-order valence-electron chi connectivity index (χ3n) is 7.03. The largest absolute Gasteiger partial charge is 0.481 e. The first-order valence-electron chi connectivity index (χ1n) is 12.6. The second kappa shape index (κ2) is 11.8. The molecule has 2 aliphatic heterocycles. The van der Waals surface area contributed by atoms with E-state index in [0.29, 0.717) is 32.0 Å². The molecule has 9 nitrogen and oxygen atoms in total. The fourth-order valence-electron chi connectivity index (χ4n) is 5.26. The minimum atomic E-state index is -1.21. The number of aldehydes is 1. The quantitative estimate of drug-likeness (QED) is 0.446. The second-order valence-corrected chi connectivity index (χ2v) is 9.57. The van der Waals surface area contributed by atoms with Gasteiger partial charge in [0.25, 0.3) is 0 Å². The number of fused-ring (bicyclic) bond motifs is 3. The fraction of sp³-hybridized carbons (Fsp3) is 0.393. The van der Waals surface area contributed by atoms with Crippen LogP contribution in [-0.2, 0) is 36.8 Å². The Kier molecular flexibility index (Phi) is 8.32. The molecule has 9 heteroatoms. The average molecular weight is 506 g/mol. The Morgan fingerprint density at radius 2 is 1.78 bits per heavy atom. The summed E-state index contributed by atoms with van der Waals surface area (Å²) in [6.07, 6.45) is 2.61. The zero-order valence-electron chi connectivity index (χ0n) is 20.5. The highest BCUT2D eigenvalue weighted by atomic mass is 16.4. The van der Waals surface area contributed by atoms with E-state index in [2.05, 4.69) is 10.6 Å². The molecule has 0 radical (unpaired) electrons. The molecule has 194 valence electrons. The first-order chi connectivity index (χ1) is 17.9. The van der Waals surface area contributed by atoms with E-state index in [1.165, 1.54) is 4.90 Å². The van der Waals surface area contributed by atoms with E-state index >= 15 is 0 Å². The van der Waals surface area contributed by atoms with Crippen LogP contribution < -0.4 is 10.6 Å². The molecule has 2 aromatic carbocycles. The summed E-state index contributed by atoms with van der Waals surface area (Å²) in [4.78, 5) is 63.9. The molecule has 0 saturated carbocycles. The van der Waals surface area contributed by atoms with Gasteiger partial charge in [-0.05, 0) is 42.4 Å². The summed E-state index contributed by atoms with van der Waals surface area (Å²) in [5, 5.41) is 14.4. The zero-order valence-corrected chi connectivity index (χ0v) is 20.5. The van der Waals surface area contributed by atoms with Crippen molar-refractivity contribution in [3.8, 4) is 0 Å². The Morgan fingerprint density at radius 1 is 1.05 bits per heavy atom. The van der Waals surface area contributed by atoms with Gasteiger partial charge in [-0.15, -0.1) is 0 Å². The summed E-state index contributed by atoms with van der Waals surface area (Å²) < 4.78 is 0. The van der Waals surface area contributed by atoms with Crippen molar-refractivity contribution in [2.45, 2.75) is 69.1 Å². The highest BCUT2D eigenvalue weighted by molar-refractivity contribution is 5.94. The lowest BCUT2D eigenvalue weighted by atomic mass is 9.86. The Labute approximate surface area is 215 Å². The van der Waals surface area contributed by atoms with Crippen LogP contribution in [-0.4, -0.2) is 58.1 Å². The van der Waals surface area contributed by atoms with Crippen molar-refractivity contribution in [1.82, 2.24) is 15.5 Å². The molecule has 0 bridgehead atoms. The number of carbonyl (C=O) groups excluding carboxylic acids is 4. The summed E-state index contributed by atoms with van der Waals surface area (Å²) in [6.45, 7) is 0. The Morgan fingerprint density at radius 3 is 2.51 bits per heavy atom. The van der Waals surface area contributed by atoms with Crippen LogP contribution in [0.5, 0.6) is 0 Å². The molecular formula is C28H31N3O6. The number of carbonyl (C=O) groups is 5. The van der Waals surface area contributed by atoms with Crippen molar-refractivity contribution in [2.24, 2.45) is 0 Å². The maximum atomic E-state index is 13.8. The summed E-state index contributed by atoms with van der Waals surface area (Å²) in [7, 11) is 0. The van der Waals surface area contributed by atoms with Gasteiger partial charge >= 0.3 is 5.97 Å². The van der Waals surface area contributed by atoms with E-state index in [0.717, 1.165) is 16.7 Å². The summed E-state index contributed by atoms with van der Waals surface area (Å²) >= 11 is 0. The van der Waals surface area contributed by atoms with Gasteiger partial charge in [-0.2, -0.15) is 0 Å². The minimum absolute atomic E-state index is 0.234. The third kappa shape index (κ3) is 6.22. The molecule has 0 spiro atoms. The first-order valence-corrected chi connectivity index (χ1v) is 12.6. The van der Waals surface area contributed by atoms with Gasteiger partial charge in [0.05, 0.1) is 18.5 Å². The van der Waals surface area contributed by atoms with Crippen LogP contribution in [0.2, 0.25) is 0 Å². The Hall–Kier alpha value is -4.01. The maximum Gasteiger partial charge on any atom is 0.305 e. The normalized spacial score (nSPS) is 21.6. The van der Waals surface area contributed by atoms with Crippen LogP contribution >= 0.6 is 0 Å². The summed E-state index contributed by atoms with van der Waals surface area (Å²) in [5.74, 6) is -2.37. The van der Waals surface area contributed by atoms with Crippen molar-refractivity contribution in [3.63, 3.8) is 0 Å². The van der Waals surface area contributed by atoms with E-state index < -0.39 is 36.4 Å². The lowest BCUT2D eigenvalue weighted by molar-refractivity contribution is -0.147. The Balaban J connectivity index is 1.54. The van der Waals surface area contributed by atoms with Gasteiger partial charge in [0, 0.05) is 12.8 Å². The van der Waals surface area contributed by atoms with E-state index in [4.69, 9.17) is 5.11 Å². The second-order valence-electron chi connectivity index (χ2n) is 9.57.